The van der Waals surface area contributed by atoms with Crippen LogP contribution in [0.3, 0.4) is 0 Å². The number of anilines is 1. The molecule has 0 bridgehead atoms. The van der Waals surface area contributed by atoms with Crippen LogP contribution in [0.5, 0.6) is 11.5 Å². The molecule has 2 rings (SSSR count). The highest BCUT2D eigenvalue weighted by atomic mass is 16.5. The molecule has 1 heterocycles. The average molecular weight is 329 g/mol. The molecule has 1 aromatic carbocycles. The van der Waals surface area contributed by atoms with Crippen molar-refractivity contribution in [3.8, 4) is 11.5 Å². The van der Waals surface area contributed by atoms with Crippen molar-refractivity contribution >= 4 is 17.6 Å². The maximum Gasteiger partial charge on any atom is 0.251 e. The molecular weight excluding hydrogens is 310 g/mol. The third-order valence-electron chi connectivity index (χ3n) is 3.04. The zero-order valence-electron chi connectivity index (χ0n) is 13.5. The standard InChI is InChI=1S/C17H19N3O4/c1-12(21)20-16-11-13(7-8-18-16)17(22)19-9-10-24-15-5-3-14(23-2)4-6-15/h3-8,11H,9-10H2,1-2H3,(H,19,22)(H,18,20,21). The predicted octanol–water partition coefficient (Wildman–Crippen LogP) is 1.86. The second-order valence-electron chi connectivity index (χ2n) is 4.89. The fourth-order valence-corrected chi connectivity index (χ4v) is 1.93. The van der Waals surface area contributed by atoms with Crippen LogP contribution in [0.2, 0.25) is 0 Å². The summed E-state index contributed by atoms with van der Waals surface area (Å²) in [6.07, 6.45) is 1.47. The van der Waals surface area contributed by atoms with Gasteiger partial charge in [-0.1, -0.05) is 0 Å². The van der Waals surface area contributed by atoms with Gasteiger partial charge >= 0.3 is 0 Å². The van der Waals surface area contributed by atoms with Crippen molar-refractivity contribution in [3.05, 3.63) is 48.2 Å². The van der Waals surface area contributed by atoms with Crippen molar-refractivity contribution in [2.45, 2.75) is 6.92 Å². The summed E-state index contributed by atoms with van der Waals surface area (Å²) < 4.78 is 10.6. The normalized spacial score (nSPS) is 9.92. The second kappa shape index (κ2) is 8.52. The molecule has 0 radical (unpaired) electrons. The van der Waals surface area contributed by atoms with E-state index in [9.17, 15) is 9.59 Å². The van der Waals surface area contributed by atoms with Gasteiger partial charge in [0.1, 0.15) is 23.9 Å². The monoisotopic (exact) mass is 329 g/mol. The molecule has 0 aliphatic carbocycles. The van der Waals surface area contributed by atoms with Crippen molar-refractivity contribution in [2.24, 2.45) is 0 Å². The van der Waals surface area contributed by atoms with Crippen LogP contribution in [0.25, 0.3) is 0 Å². The Morgan fingerprint density at radius 2 is 1.83 bits per heavy atom. The van der Waals surface area contributed by atoms with E-state index in [0.29, 0.717) is 30.3 Å². The number of benzene rings is 1. The summed E-state index contributed by atoms with van der Waals surface area (Å²) in [6, 6.07) is 10.3. The van der Waals surface area contributed by atoms with Crippen molar-refractivity contribution < 1.29 is 19.1 Å². The topological polar surface area (TPSA) is 89.6 Å². The molecule has 0 unspecified atom stereocenters. The summed E-state index contributed by atoms with van der Waals surface area (Å²) in [5.74, 6) is 1.28. The Kier molecular flexibility index (Phi) is 6.13. The third-order valence-corrected chi connectivity index (χ3v) is 3.04. The van der Waals surface area contributed by atoms with Crippen LogP contribution in [0.1, 0.15) is 17.3 Å². The minimum Gasteiger partial charge on any atom is -0.497 e. The number of hydrogen-bond donors (Lipinski definition) is 2. The highest BCUT2D eigenvalue weighted by Gasteiger charge is 2.07. The van der Waals surface area contributed by atoms with E-state index in [-0.39, 0.29) is 11.8 Å². The lowest BCUT2D eigenvalue weighted by molar-refractivity contribution is -0.114. The predicted molar refractivity (Wildman–Crippen MR) is 89.4 cm³/mol. The Hall–Kier alpha value is -3.09. The lowest BCUT2D eigenvalue weighted by atomic mass is 10.2. The fraction of sp³-hybridized carbons (Fsp3) is 0.235. The van der Waals surface area contributed by atoms with Crippen molar-refractivity contribution in [1.82, 2.24) is 10.3 Å². The molecule has 2 amide bonds. The minimum absolute atomic E-state index is 0.243. The van der Waals surface area contributed by atoms with E-state index < -0.39 is 0 Å². The number of pyridine rings is 1. The zero-order chi connectivity index (χ0) is 17.4. The number of nitrogens with one attached hydrogen (secondary N) is 2. The van der Waals surface area contributed by atoms with Crippen LogP contribution in [0, 0.1) is 0 Å². The number of carbonyl (C=O) groups is 2. The van der Waals surface area contributed by atoms with Gasteiger partial charge in [0, 0.05) is 18.7 Å². The summed E-state index contributed by atoms with van der Waals surface area (Å²) >= 11 is 0. The number of amides is 2. The van der Waals surface area contributed by atoms with Crippen LogP contribution in [0.15, 0.2) is 42.6 Å². The number of rotatable bonds is 7. The van der Waals surface area contributed by atoms with E-state index in [1.54, 1.807) is 37.4 Å². The Balaban J connectivity index is 1.79. The second-order valence-corrected chi connectivity index (χ2v) is 4.89. The first kappa shape index (κ1) is 17.3. The Bertz CT molecular complexity index is 701. The number of carbonyl (C=O) groups excluding carboxylic acids is 2. The van der Waals surface area contributed by atoms with E-state index in [1.165, 1.54) is 19.2 Å². The Labute approximate surface area is 140 Å². The van der Waals surface area contributed by atoms with E-state index in [1.807, 2.05) is 0 Å². The van der Waals surface area contributed by atoms with Gasteiger partial charge in [-0.05, 0) is 36.4 Å². The molecule has 2 aromatic rings. The highest BCUT2D eigenvalue weighted by molar-refractivity contribution is 5.96. The molecule has 2 N–H and O–H groups in total. The number of nitrogens with zero attached hydrogens (tertiary/aromatic N) is 1. The molecule has 0 fully saturated rings. The van der Waals surface area contributed by atoms with Gasteiger partial charge in [0.15, 0.2) is 0 Å². The summed E-state index contributed by atoms with van der Waals surface area (Å²) in [6.45, 7) is 2.06. The number of ether oxygens (including phenoxy) is 2. The summed E-state index contributed by atoms with van der Waals surface area (Å²) in [7, 11) is 1.60. The molecule has 7 heteroatoms. The van der Waals surface area contributed by atoms with Gasteiger partial charge < -0.3 is 20.1 Å². The molecule has 0 saturated carbocycles. The van der Waals surface area contributed by atoms with Crippen LogP contribution in [-0.4, -0.2) is 37.1 Å². The highest BCUT2D eigenvalue weighted by Crippen LogP contribution is 2.16. The van der Waals surface area contributed by atoms with Gasteiger partial charge in [-0.2, -0.15) is 0 Å². The molecule has 0 saturated heterocycles. The lowest BCUT2D eigenvalue weighted by Gasteiger charge is -2.09. The molecular formula is C17H19N3O4. The third kappa shape index (κ3) is 5.28. The van der Waals surface area contributed by atoms with Gasteiger partial charge in [0.05, 0.1) is 13.7 Å². The van der Waals surface area contributed by atoms with Gasteiger partial charge in [-0.3, -0.25) is 9.59 Å². The molecule has 0 atom stereocenters. The van der Waals surface area contributed by atoms with Crippen LogP contribution >= 0.6 is 0 Å². The average Bonchev–Trinajstić information content (AvgIpc) is 2.58. The van der Waals surface area contributed by atoms with Gasteiger partial charge in [0.25, 0.3) is 5.91 Å². The molecule has 1 aromatic heterocycles. The van der Waals surface area contributed by atoms with Gasteiger partial charge in [0.2, 0.25) is 5.91 Å². The molecule has 0 aliphatic heterocycles. The Morgan fingerprint density at radius 1 is 1.12 bits per heavy atom. The lowest BCUT2D eigenvalue weighted by Crippen LogP contribution is -2.28. The van der Waals surface area contributed by atoms with Gasteiger partial charge in [-0.25, -0.2) is 4.98 Å². The first-order valence-electron chi connectivity index (χ1n) is 7.37. The summed E-state index contributed by atoms with van der Waals surface area (Å²) in [4.78, 5) is 27.0. The molecule has 24 heavy (non-hydrogen) atoms. The van der Waals surface area contributed by atoms with E-state index >= 15 is 0 Å². The maximum atomic E-state index is 12.1. The van der Waals surface area contributed by atoms with Crippen LogP contribution in [-0.2, 0) is 4.79 Å². The van der Waals surface area contributed by atoms with Crippen molar-refractivity contribution in [3.63, 3.8) is 0 Å². The minimum atomic E-state index is -0.262. The van der Waals surface area contributed by atoms with Crippen LogP contribution in [0.4, 0.5) is 5.82 Å². The fourth-order valence-electron chi connectivity index (χ4n) is 1.93. The number of aromatic nitrogens is 1. The maximum absolute atomic E-state index is 12.1. The Morgan fingerprint density at radius 3 is 2.50 bits per heavy atom. The van der Waals surface area contributed by atoms with Crippen LogP contribution < -0.4 is 20.1 Å². The largest absolute Gasteiger partial charge is 0.497 e. The summed E-state index contributed by atoms with van der Waals surface area (Å²) in [5, 5.41) is 5.28. The molecule has 7 nitrogen and oxygen atoms in total. The zero-order valence-corrected chi connectivity index (χ0v) is 13.5. The van der Waals surface area contributed by atoms with E-state index in [2.05, 4.69) is 15.6 Å². The van der Waals surface area contributed by atoms with Gasteiger partial charge in [-0.15, -0.1) is 0 Å². The molecule has 126 valence electrons. The quantitative estimate of drug-likeness (QED) is 0.757. The molecule has 0 aliphatic rings. The first-order chi connectivity index (χ1) is 11.6. The molecule has 0 spiro atoms. The summed E-state index contributed by atoms with van der Waals surface area (Å²) in [5.41, 5.74) is 0.415. The van der Waals surface area contributed by atoms with Crippen molar-refractivity contribution in [2.75, 3.05) is 25.6 Å². The van der Waals surface area contributed by atoms with Crippen molar-refractivity contribution in [1.29, 1.82) is 0 Å². The number of hydrogen-bond acceptors (Lipinski definition) is 5. The number of methoxy groups -OCH3 is 1. The smallest absolute Gasteiger partial charge is 0.251 e. The SMILES string of the molecule is COc1ccc(OCCNC(=O)c2ccnc(NC(C)=O)c2)cc1. The first-order valence-corrected chi connectivity index (χ1v) is 7.37. The van der Waals surface area contributed by atoms with E-state index in [4.69, 9.17) is 9.47 Å². The van der Waals surface area contributed by atoms with E-state index in [0.717, 1.165) is 5.75 Å².